The molecule has 0 aromatic heterocycles. The van der Waals surface area contributed by atoms with Crippen LogP contribution in [0.15, 0.2) is 12.7 Å². The third kappa shape index (κ3) is 9.53. The lowest BCUT2D eigenvalue weighted by molar-refractivity contribution is 0.373. The summed E-state index contributed by atoms with van der Waals surface area (Å²) in [7, 11) is 0. The lowest BCUT2D eigenvalue weighted by Crippen LogP contribution is -2.40. The highest BCUT2D eigenvalue weighted by Crippen LogP contribution is 2.13. The smallest absolute Gasteiger partial charge is 0.0161 e. The first-order valence-electron chi connectivity index (χ1n) is 4.90. The predicted octanol–water partition coefficient (Wildman–Crippen LogP) is 0.984. The Hall–Kier alpha value is -0.380. The molecule has 0 aliphatic carbocycles. The van der Waals surface area contributed by atoms with Crippen molar-refractivity contribution in [3.05, 3.63) is 12.7 Å². The third-order valence-corrected chi connectivity index (χ3v) is 2.22. The maximum atomic E-state index is 5.93. The standard InChI is InChI=1S/C7H18N2.C3H7N/c1-3-7(9,4-2)5-6-8;1-2-3-4/h3-6,8-9H2,1-2H3;2H,1,3-4H2. The first kappa shape index (κ1) is 15.1. The van der Waals surface area contributed by atoms with Gasteiger partial charge in [-0.2, -0.15) is 0 Å². The van der Waals surface area contributed by atoms with Crippen molar-refractivity contribution in [3.63, 3.8) is 0 Å². The fraction of sp³-hybridized carbons (Fsp3) is 0.800. The van der Waals surface area contributed by atoms with Crippen LogP contribution >= 0.6 is 0 Å². The zero-order chi connectivity index (χ0) is 10.7. The molecule has 0 aromatic rings. The second-order valence-corrected chi connectivity index (χ2v) is 3.13. The van der Waals surface area contributed by atoms with Gasteiger partial charge in [0, 0.05) is 12.1 Å². The molecule has 0 aliphatic rings. The molecule has 6 N–H and O–H groups in total. The monoisotopic (exact) mass is 187 g/mol. The van der Waals surface area contributed by atoms with Gasteiger partial charge in [0.25, 0.3) is 0 Å². The van der Waals surface area contributed by atoms with Crippen LogP contribution in [0.3, 0.4) is 0 Å². The summed E-state index contributed by atoms with van der Waals surface area (Å²) in [5.41, 5.74) is 16.2. The molecule has 0 fully saturated rings. The average molecular weight is 187 g/mol. The average Bonchev–Trinajstić information content (AvgIpc) is 2.18. The van der Waals surface area contributed by atoms with Crippen molar-refractivity contribution in [3.8, 4) is 0 Å². The maximum absolute atomic E-state index is 5.93. The number of hydrogen-bond donors (Lipinski definition) is 3. The van der Waals surface area contributed by atoms with Crippen LogP contribution < -0.4 is 17.2 Å². The predicted molar refractivity (Wildman–Crippen MR) is 60.4 cm³/mol. The molecule has 0 spiro atoms. The van der Waals surface area contributed by atoms with E-state index in [9.17, 15) is 0 Å². The van der Waals surface area contributed by atoms with Gasteiger partial charge in [-0.15, -0.1) is 6.58 Å². The van der Waals surface area contributed by atoms with E-state index in [1.54, 1.807) is 6.08 Å². The molecule has 0 aromatic carbocycles. The molecule has 0 atom stereocenters. The lowest BCUT2D eigenvalue weighted by atomic mass is 9.91. The minimum atomic E-state index is 0.00868. The summed E-state index contributed by atoms with van der Waals surface area (Å²) in [5, 5.41) is 0. The third-order valence-electron chi connectivity index (χ3n) is 2.22. The molecule has 80 valence electrons. The summed E-state index contributed by atoms with van der Waals surface area (Å²) in [5.74, 6) is 0. The Labute approximate surface area is 82.4 Å². The van der Waals surface area contributed by atoms with Crippen molar-refractivity contribution in [2.24, 2.45) is 17.2 Å². The zero-order valence-electron chi connectivity index (χ0n) is 9.05. The van der Waals surface area contributed by atoms with Crippen LogP contribution in [-0.2, 0) is 0 Å². The maximum Gasteiger partial charge on any atom is 0.0161 e. The quantitative estimate of drug-likeness (QED) is 0.561. The van der Waals surface area contributed by atoms with Gasteiger partial charge in [-0.1, -0.05) is 19.9 Å². The first-order valence-corrected chi connectivity index (χ1v) is 4.90. The van der Waals surface area contributed by atoms with E-state index < -0.39 is 0 Å². The Morgan fingerprint density at radius 3 is 1.69 bits per heavy atom. The van der Waals surface area contributed by atoms with Crippen molar-refractivity contribution >= 4 is 0 Å². The Bertz CT molecular complexity index is 109. The van der Waals surface area contributed by atoms with Gasteiger partial charge in [0.05, 0.1) is 0 Å². The van der Waals surface area contributed by atoms with Gasteiger partial charge >= 0.3 is 0 Å². The highest BCUT2D eigenvalue weighted by atomic mass is 14.7. The van der Waals surface area contributed by atoms with E-state index in [1.165, 1.54) is 0 Å². The normalized spacial score (nSPS) is 10.2. The summed E-state index contributed by atoms with van der Waals surface area (Å²) in [6.45, 7) is 8.86. The molecule has 0 unspecified atom stereocenters. The highest BCUT2D eigenvalue weighted by Gasteiger charge is 2.17. The molecule has 0 bridgehead atoms. The van der Waals surface area contributed by atoms with Gasteiger partial charge in [0.1, 0.15) is 0 Å². The summed E-state index contributed by atoms with van der Waals surface area (Å²) >= 11 is 0. The fourth-order valence-electron chi connectivity index (χ4n) is 0.891. The minimum absolute atomic E-state index is 0.00868. The van der Waals surface area contributed by atoms with Crippen molar-refractivity contribution in [2.45, 2.75) is 38.6 Å². The van der Waals surface area contributed by atoms with E-state index in [1.807, 2.05) is 0 Å². The van der Waals surface area contributed by atoms with Gasteiger partial charge in [-0.3, -0.25) is 0 Å². The molecule has 0 heterocycles. The van der Waals surface area contributed by atoms with Crippen molar-refractivity contribution in [1.82, 2.24) is 0 Å². The highest BCUT2D eigenvalue weighted by molar-refractivity contribution is 4.80. The van der Waals surface area contributed by atoms with E-state index in [0.29, 0.717) is 13.1 Å². The van der Waals surface area contributed by atoms with Crippen LogP contribution in [0, 0.1) is 0 Å². The molecule has 0 rings (SSSR count). The first-order chi connectivity index (χ1) is 6.10. The van der Waals surface area contributed by atoms with Crippen LogP contribution in [0.2, 0.25) is 0 Å². The Morgan fingerprint density at radius 1 is 1.23 bits per heavy atom. The van der Waals surface area contributed by atoms with Crippen LogP contribution in [0.1, 0.15) is 33.1 Å². The zero-order valence-corrected chi connectivity index (χ0v) is 9.05. The molecule has 13 heavy (non-hydrogen) atoms. The lowest BCUT2D eigenvalue weighted by Gasteiger charge is -2.25. The largest absolute Gasteiger partial charge is 0.330 e. The number of hydrogen-bond acceptors (Lipinski definition) is 3. The fourth-order valence-corrected chi connectivity index (χ4v) is 0.891. The molecular formula is C10H25N3. The van der Waals surface area contributed by atoms with Crippen LogP contribution in [0.5, 0.6) is 0 Å². The van der Waals surface area contributed by atoms with Crippen LogP contribution in [0.25, 0.3) is 0 Å². The molecule has 0 amide bonds. The number of rotatable bonds is 5. The van der Waals surface area contributed by atoms with Crippen molar-refractivity contribution < 1.29 is 0 Å². The minimum Gasteiger partial charge on any atom is -0.330 e. The van der Waals surface area contributed by atoms with Gasteiger partial charge in [0.15, 0.2) is 0 Å². The second-order valence-electron chi connectivity index (χ2n) is 3.13. The molecule has 0 saturated carbocycles. The van der Waals surface area contributed by atoms with Gasteiger partial charge in [-0.25, -0.2) is 0 Å². The van der Waals surface area contributed by atoms with Crippen molar-refractivity contribution in [2.75, 3.05) is 13.1 Å². The van der Waals surface area contributed by atoms with E-state index in [4.69, 9.17) is 17.2 Å². The summed E-state index contributed by atoms with van der Waals surface area (Å²) in [6.07, 6.45) is 4.65. The van der Waals surface area contributed by atoms with Crippen molar-refractivity contribution in [1.29, 1.82) is 0 Å². The van der Waals surface area contributed by atoms with E-state index in [2.05, 4.69) is 20.4 Å². The van der Waals surface area contributed by atoms with Gasteiger partial charge in [0.2, 0.25) is 0 Å². The van der Waals surface area contributed by atoms with E-state index >= 15 is 0 Å². The number of nitrogens with two attached hydrogens (primary N) is 3. The van der Waals surface area contributed by atoms with Crippen LogP contribution in [-0.4, -0.2) is 18.6 Å². The van der Waals surface area contributed by atoms with E-state index in [-0.39, 0.29) is 5.54 Å². The Balaban J connectivity index is 0. The summed E-state index contributed by atoms with van der Waals surface area (Å²) in [6, 6.07) is 0. The molecule has 0 saturated heterocycles. The molecule has 0 radical (unpaired) electrons. The van der Waals surface area contributed by atoms with Crippen LogP contribution in [0.4, 0.5) is 0 Å². The molecule has 3 nitrogen and oxygen atoms in total. The molecule has 0 aliphatic heterocycles. The second kappa shape index (κ2) is 9.71. The summed E-state index contributed by atoms with van der Waals surface area (Å²) in [4.78, 5) is 0. The molecular weight excluding hydrogens is 162 g/mol. The molecule has 3 heteroatoms. The Kier molecular flexibility index (Phi) is 11.3. The SMILES string of the molecule is C=CCN.CCC(N)(CC)CCN. The van der Waals surface area contributed by atoms with Gasteiger partial charge in [-0.05, 0) is 25.8 Å². The summed E-state index contributed by atoms with van der Waals surface area (Å²) < 4.78 is 0. The van der Waals surface area contributed by atoms with E-state index in [0.717, 1.165) is 19.3 Å². The topological polar surface area (TPSA) is 78.1 Å². The van der Waals surface area contributed by atoms with Gasteiger partial charge < -0.3 is 17.2 Å². The Morgan fingerprint density at radius 2 is 1.62 bits per heavy atom.